The van der Waals surface area contributed by atoms with Gasteiger partial charge in [-0.15, -0.1) is 0 Å². The van der Waals surface area contributed by atoms with Crippen molar-refractivity contribution in [2.45, 2.75) is 18.9 Å². The molecule has 0 atom stereocenters. The van der Waals surface area contributed by atoms with Crippen molar-refractivity contribution >= 4 is 26.7 Å². The van der Waals surface area contributed by atoms with Crippen molar-refractivity contribution in [1.29, 1.82) is 0 Å². The Bertz CT molecular complexity index is 551. The predicted molar refractivity (Wildman–Crippen MR) is 66.7 cm³/mol. The van der Waals surface area contributed by atoms with Crippen LogP contribution in [0, 0.1) is 11.8 Å². The first-order chi connectivity index (χ1) is 8.09. The Morgan fingerprint density at radius 1 is 1.59 bits per heavy atom. The number of anilines is 1. The van der Waals surface area contributed by atoms with Crippen molar-refractivity contribution in [3.63, 3.8) is 0 Å². The minimum Gasteiger partial charge on any atom is -0.320 e. The molecular weight excluding hydrogens is 260 g/mol. The Balaban J connectivity index is 2.00. The number of aromatic nitrogens is 1. The molecule has 0 unspecified atom stereocenters. The quantitative estimate of drug-likeness (QED) is 0.665. The molecule has 0 saturated heterocycles. The fourth-order valence-corrected chi connectivity index (χ4v) is 3.14. The molecule has 8 heteroatoms. The fourth-order valence-electron chi connectivity index (χ4n) is 1.08. The summed E-state index contributed by atoms with van der Waals surface area (Å²) in [5, 5.41) is 0.305. The number of rotatable bonds is 4. The minimum atomic E-state index is -3.50. The van der Waals surface area contributed by atoms with Crippen molar-refractivity contribution in [3.05, 3.63) is 11.1 Å². The van der Waals surface area contributed by atoms with E-state index in [1.54, 1.807) is 0 Å². The zero-order valence-electron chi connectivity index (χ0n) is 8.93. The van der Waals surface area contributed by atoms with Gasteiger partial charge >= 0.3 is 10.2 Å². The van der Waals surface area contributed by atoms with Gasteiger partial charge in [-0.1, -0.05) is 23.2 Å². The Morgan fingerprint density at radius 3 is 3.00 bits per heavy atom. The van der Waals surface area contributed by atoms with Gasteiger partial charge in [-0.3, -0.25) is 0 Å². The molecule has 2 rings (SSSR count). The number of hydrogen-bond acceptors (Lipinski definition) is 5. The highest BCUT2D eigenvalue weighted by atomic mass is 32.2. The minimum absolute atomic E-state index is 0.0731. The van der Waals surface area contributed by atoms with E-state index in [1.165, 1.54) is 17.5 Å². The smallest absolute Gasteiger partial charge is 0.301 e. The van der Waals surface area contributed by atoms with E-state index < -0.39 is 10.2 Å². The molecule has 0 radical (unpaired) electrons. The topological polar surface area (TPSA) is 97.1 Å². The second-order valence-electron chi connectivity index (χ2n) is 3.53. The van der Waals surface area contributed by atoms with Gasteiger partial charge in [0.25, 0.3) is 0 Å². The molecule has 4 N–H and O–H groups in total. The average molecular weight is 272 g/mol. The van der Waals surface area contributed by atoms with Crippen molar-refractivity contribution in [3.8, 4) is 11.8 Å². The highest BCUT2D eigenvalue weighted by molar-refractivity contribution is 7.91. The van der Waals surface area contributed by atoms with Crippen LogP contribution in [0.4, 0.5) is 5.13 Å². The summed E-state index contributed by atoms with van der Waals surface area (Å²) in [4.78, 5) is 4.61. The van der Waals surface area contributed by atoms with Gasteiger partial charge in [-0.05, 0) is 12.8 Å². The average Bonchev–Trinajstić information content (AvgIpc) is 2.93. The Labute approximate surface area is 104 Å². The maximum absolute atomic E-state index is 11.6. The second kappa shape index (κ2) is 5.01. The van der Waals surface area contributed by atoms with Crippen molar-refractivity contribution in [1.82, 2.24) is 9.71 Å². The molecule has 1 aromatic rings. The molecule has 17 heavy (non-hydrogen) atoms. The van der Waals surface area contributed by atoms with E-state index in [4.69, 9.17) is 5.73 Å². The maximum Gasteiger partial charge on any atom is 0.301 e. The van der Waals surface area contributed by atoms with Gasteiger partial charge in [0.1, 0.15) is 0 Å². The number of hydrogen-bond donors (Lipinski definition) is 3. The third-order valence-corrected chi connectivity index (χ3v) is 4.00. The van der Waals surface area contributed by atoms with Crippen LogP contribution < -0.4 is 15.2 Å². The monoisotopic (exact) mass is 272 g/mol. The summed E-state index contributed by atoms with van der Waals surface area (Å²) in [5.74, 6) is 5.47. The van der Waals surface area contributed by atoms with Gasteiger partial charge in [0.15, 0.2) is 5.13 Å². The number of nitrogens with two attached hydrogens (primary N) is 1. The molecule has 1 heterocycles. The Hall–Kier alpha value is -1.14. The third-order valence-electron chi connectivity index (χ3n) is 1.94. The van der Waals surface area contributed by atoms with Crippen LogP contribution in [0.1, 0.15) is 17.7 Å². The van der Waals surface area contributed by atoms with Crippen LogP contribution in [0.2, 0.25) is 0 Å². The lowest BCUT2D eigenvalue weighted by Gasteiger charge is -2.04. The highest BCUT2D eigenvalue weighted by Gasteiger charge is 2.27. The molecule has 0 amide bonds. The van der Waals surface area contributed by atoms with E-state index in [0.717, 1.165) is 12.8 Å². The first-order valence-electron chi connectivity index (χ1n) is 5.04. The fraction of sp³-hybridized carbons (Fsp3) is 0.444. The Morgan fingerprint density at radius 2 is 2.35 bits per heavy atom. The van der Waals surface area contributed by atoms with Gasteiger partial charge in [0.2, 0.25) is 0 Å². The highest BCUT2D eigenvalue weighted by Crippen LogP contribution is 2.22. The van der Waals surface area contributed by atoms with Crippen LogP contribution in [-0.4, -0.2) is 26.0 Å². The van der Waals surface area contributed by atoms with E-state index in [2.05, 4.69) is 26.3 Å². The zero-order chi connectivity index (χ0) is 12.3. The molecule has 6 nitrogen and oxygen atoms in total. The molecule has 1 aliphatic rings. The van der Waals surface area contributed by atoms with Crippen LogP contribution in [0.25, 0.3) is 0 Å². The van der Waals surface area contributed by atoms with Crippen LogP contribution >= 0.6 is 11.3 Å². The summed E-state index contributed by atoms with van der Waals surface area (Å²) in [5.41, 5.74) is 5.24. The summed E-state index contributed by atoms with van der Waals surface area (Å²) in [6, 6.07) is 0.0731. The third kappa shape index (κ3) is 3.98. The molecule has 92 valence electrons. The van der Waals surface area contributed by atoms with Gasteiger partial charge in [0, 0.05) is 6.04 Å². The predicted octanol–water partition coefficient (Wildman–Crippen LogP) is -0.138. The van der Waals surface area contributed by atoms with E-state index >= 15 is 0 Å². The Kier molecular flexibility index (Phi) is 3.63. The lowest BCUT2D eigenvalue weighted by atomic mass is 10.5. The summed E-state index contributed by atoms with van der Waals surface area (Å²) in [6.07, 6.45) is 3.31. The molecule has 0 aliphatic heterocycles. The lowest BCUT2D eigenvalue weighted by Crippen LogP contribution is -2.31. The number of nitrogens with one attached hydrogen (secondary N) is 2. The molecule has 0 spiro atoms. The summed E-state index contributed by atoms with van der Waals surface area (Å²) in [6.45, 7) is 0.266. The van der Waals surface area contributed by atoms with Crippen LogP contribution in [0.15, 0.2) is 6.20 Å². The summed E-state index contributed by atoms with van der Waals surface area (Å²) < 4.78 is 28.0. The van der Waals surface area contributed by atoms with Gasteiger partial charge in [0.05, 0.1) is 17.6 Å². The van der Waals surface area contributed by atoms with Crippen LogP contribution in [-0.2, 0) is 10.2 Å². The second-order valence-corrected chi connectivity index (χ2v) is 6.01. The molecule has 1 saturated carbocycles. The molecule has 1 aromatic heterocycles. The molecule has 0 aromatic carbocycles. The van der Waals surface area contributed by atoms with Crippen molar-refractivity contribution in [2.75, 3.05) is 11.3 Å². The lowest BCUT2D eigenvalue weighted by molar-refractivity contribution is 0.586. The van der Waals surface area contributed by atoms with Gasteiger partial charge < -0.3 is 5.73 Å². The van der Waals surface area contributed by atoms with Gasteiger partial charge in [-0.25, -0.2) is 9.71 Å². The first kappa shape index (κ1) is 12.3. The van der Waals surface area contributed by atoms with E-state index in [9.17, 15) is 8.42 Å². The van der Waals surface area contributed by atoms with E-state index in [-0.39, 0.29) is 12.6 Å². The largest absolute Gasteiger partial charge is 0.320 e. The SMILES string of the molecule is NCC#Cc1cnc(NS(=O)(=O)NC2CC2)s1. The molecular formula is C9H12N4O2S2. The van der Waals surface area contributed by atoms with E-state index in [0.29, 0.717) is 10.0 Å². The molecule has 1 aliphatic carbocycles. The summed E-state index contributed by atoms with van der Waals surface area (Å²) in [7, 11) is -3.50. The zero-order valence-corrected chi connectivity index (χ0v) is 10.6. The van der Waals surface area contributed by atoms with Crippen molar-refractivity contribution in [2.24, 2.45) is 5.73 Å². The van der Waals surface area contributed by atoms with Crippen LogP contribution in [0.3, 0.4) is 0 Å². The maximum atomic E-state index is 11.6. The summed E-state index contributed by atoms with van der Waals surface area (Å²) >= 11 is 1.18. The number of thiazole rings is 1. The van der Waals surface area contributed by atoms with E-state index in [1.807, 2.05) is 0 Å². The first-order valence-corrected chi connectivity index (χ1v) is 7.34. The number of nitrogens with zero attached hydrogens (tertiary/aromatic N) is 1. The van der Waals surface area contributed by atoms with Gasteiger partial charge in [-0.2, -0.15) is 13.1 Å². The molecule has 1 fully saturated rings. The van der Waals surface area contributed by atoms with Crippen molar-refractivity contribution < 1.29 is 8.42 Å². The van der Waals surface area contributed by atoms with Crippen LogP contribution in [0.5, 0.6) is 0 Å². The normalized spacial score (nSPS) is 15.1. The standard InChI is InChI=1S/C9H12N4O2S2/c10-5-1-2-8-6-11-9(16-8)13-17(14,15)12-7-3-4-7/h6-7,12H,3-5,10H2,(H,11,13). The molecule has 0 bridgehead atoms.